The summed E-state index contributed by atoms with van der Waals surface area (Å²) < 4.78 is 0. The van der Waals surface area contributed by atoms with Gasteiger partial charge in [0.05, 0.1) is 0 Å². The lowest BCUT2D eigenvalue weighted by molar-refractivity contribution is 0.0569. The van der Waals surface area contributed by atoms with Crippen molar-refractivity contribution in [3.63, 3.8) is 0 Å². The van der Waals surface area contributed by atoms with Gasteiger partial charge in [-0.05, 0) is 37.5 Å². The second kappa shape index (κ2) is 6.16. The molecule has 2 aliphatic carbocycles. The molecule has 0 bridgehead atoms. The van der Waals surface area contributed by atoms with Gasteiger partial charge in [-0.3, -0.25) is 0 Å². The maximum atomic E-state index is 4.28. The summed E-state index contributed by atoms with van der Waals surface area (Å²) in [5.41, 5.74) is 0.861. The minimum atomic E-state index is 0.430. The van der Waals surface area contributed by atoms with Gasteiger partial charge in [0.25, 0.3) is 0 Å². The summed E-state index contributed by atoms with van der Waals surface area (Å²) in [7, 11) is 0. The summed E-state index contributed by atoms with van der Waals surface area (Å²) in [6, 6.07) is 0. The van der Waals surface area contributed by atoms with Crippen LogP contribution in [-0.2, 0) is 0 Å². The summed E-state index contributed by atoms with van der Waals surface area (Å²) in [6.07, 6.45) is 14.2. The van der Waals surface area contributed by atoms with Gasteiger partial charge >= 0.3 is 0 Å². The third kappa shape index (κ3) is 3.17. The molecular weight excluding hydrogens is 230 g/mol. The van der Waals surface area contributed by atoms with E-state index in [1.807, 2.05) is 0 Å². The van der Waals surface area contributed by atoms with Crippen LogP contribution < -0.4 is 5.32 Å². The van der Waals surface area contributed by atoms with E-state index in [0.717, 1.165) is 11.8 Å². The minimum absolute atomic E-state index is 0.430. The summed E-state index contributed by atoms with van der Waals surface area (Å²) in [4.78, 5) is 0. The zero-order chi connectivity index (χ0) is 13.9. The second-order valence-electron chi connectivity index (χ2n) is 7.87. The van der Waals surface area contributed by atoms with Gasteiger partial charge < -0.3 is 5.32 Å². The van der Waals surface area contributed by atoms with Crippen LogP contribution in [0.15, 0.2) is 0 Å². The minimum Gasteiger partial charge on any atom is -0.305 e. The fraction of sp³-hybridized carbons (Fsp3) is 1.00. The highest BCUT2D eigenvalue weighted by Gasteiger charge is 2.44. The summed E-state index contributed by atoms with van der Waals surface area (Å²) in [6.45, 7) is 9.76. The predicted octanol–water partition coefficient (Wildman–Crippen LogP) is 5.29. The molecule has 0 unspecified atom stereocenters. The molecule has 0 spiro atoms. The Hall–Kier alpha value is -0.0400. The third-order valence-corrected chi connectivity index (χ3v) is 6.20. The van der Waals surface area contributed by atoms with Crippen LogP contribution >= 0.6 is 0 Å². The van der Waals surface area contributed by atoms with Crippen molar-refractivity contribution in [2.75, 3.05) is 0 Å². The molecule has 2 rings (SSSR count). The molecule has 0 saturated heterocycles. The van der Waals surface area contributed by atoms with Crippen molar-refractivity contribution in [3.05, 3.63) is 0 Å². The molecule has 0 radical (unpaired) electrons. The largest absolute Gasteiger partial charge is 0.305 e. The van der Waals surface area contributed by atoms with Crippen LogP contribution in [0, 0.1) is 11.8 Å². The van der Waals surface area contributed by atoms with Gasteiger partial charge in [-0.1, -0.05) is 66.2 Å². The average molecular weight is 265 g/mol. The lowest BCUT2D eigenvalue weighted by atomic mass is 9.67. The fourth-order valence-electron chi connectivity index (χ4n) is 4.55. The lowest BCUT2D eigenvalue weighted by Crippen LogP contribution is -2.63. The predicted molar refractivity (Wildman–Crippen MR) is 84.4 cm³/mol. The van der Waals surface area contributed by atoms with Crippen molar-refractivity contribution in [1.82, 2.24) is 5.32 Å². The van der Waals surface area contributed by atoms with E-state index >= 15 is 0 Å². The molecule has 0 aromatic rings. The number of rotatable bonds is 4. The molecular formula is C18H35N. The molecule has 0 aromatic carbocycles. The molecule has 1 N–H and O–H groups in total. The Balaban J connectivity index is 2.17. The Morgan fingerprint density at radius 1 is 0.579 bits per heavy atom. The van der Waals surface area contributed by atoms with E-state index in [4.69, 9.17) is 0 Å². The Labute approximate surface area is 120 Å². The Morgan fingerprint density at radius 3 is 1.16 bits per heavy atom. The van der Waals surface area contributed by atoms with Crippen molar-refractivity contribution in [2.45, 2.75) is 103 Å². The number of hydrogen-bond donors (Lipinski definition) is 1. The molecule has 0 atom stereocenters. The Bertz CT molecular complexity index is 239. The Morgan fingerprint density at radius 2 is 0.895 bits per heavy atom. The van der Waals surface area contributed by atoms with E-state index in [9.17, 15) is 0 Å². The van der Waals surface area contributed by atoms with Crippen LogP contribution in [0.25, 0.3) is 0 Å². The molecule has 0 aliphatic heterocycles. The van der Waals surface area contributed by atoms with E-state index in [-0.39, 0.29) is 0 Å². The van der Waals surface area contributed by atoms with Gasteiger partial charge in [-0.15, -0.1) is 0 Å². The molecule has 2 fully saturated rings. The first kappa shape index (κ1) is 15.4. The maximum absolute atomic E-state index is 4.28. The molecule has 2 aliphatic rings. The highest BCUT2D eigenvalue weighted by atomic mass is 15.1. The summed E-state index contributed by atoms with van der Waals surface area (Å²) >= 11 is 0. The SMILES string of the molecule is CC(C)C1(NC2(C(C)C)CCCCC2)CCCCC1. The zero-order valence-electron chi connectivity index (χ0n) is 13.7. The molecule has 1 heteroatoms. The molecule has 0 amide bonds. The van der Waals surface area contributed by atoms with Crippen LogP contribution in [0.3, 0.4) is 0 Å². The zero-order valence-corrected chi connectivity index (χ0v) is 13.7. The molecule has 2 saturated carbocycles. The second-order valence-corrected chi connectivity index (χ2v) is 7.87. The summed E-state index contributed by atoms with van der Waals surface area (Å²) in [5.74, 6) is 1.54. The highest BCUT2D eigenvalue weighted by Crippen LogP contribution is 2.42. The van der Waals surface area contributed by atoms with Crippen LogP contribution in [0.4, 0.5) is 0 Å². The molecule has 1 nitrogen and oxygen atoms in total. The van der Waals surface area contributed by atoms with Crippen LogP contribution in [0.1, 0.15) is 91.9 Å². The lowest BCUT2D eigenvalue weighted by Gasteiger charge is -2.53. The van der Waals surface area contributed by atoms with E-state index in [0.29, 0.717) is 11.1 Å². The normalized spacial score (nSPS) is 26.8. The average Bonchev–Trinajstić information content (AvgIpc) is 2.40. The van der Waals surface area contributed by atoms with Crippen molar-refractivity contribution >= 4 is 0 Å². The molecule has 0 heterocycles. The van der Waals surface area contributed by atoms with Crippen molar-refractivity contribution in [2.24, 2.45) is 11.8 Å². The third-order valence-electron chi connectivity index (χ3n) is 6.20. The van der Waals surface area contributed by atoms with Crippen molar-refractivity contribution in [3.8, 4) is 0 Å². The van der Waals surface area contributed by atoms with E-state index < -0.39 is 0 Å². The van der Waals surface area contributed by atoms with Gasteiger partial charge in [-0.25, -0.2) is 0 Å². The topological polar surface area (TPSA) is 12.0 Å². The van der Waals surface area contributed by atoms with Crippen LogP contribution in [-0.4, -0.2) is 11.1 Å². The standard InChI is InChI=1S/C18H35N/c1-15(2)17(11-7-5-8-12-17)19-18(16(3)4)13-9-6-10-14-18/h15-16,19H,5-14H2,1-4H3. The van der Waals surface area contributed by atoms with E-state index in [1.54, 1.807) is 0 Å². The van der Waals surface area contributed by atoms with Gasteiger partial charge in [0, 0.05) is 11.1 Å². The van der Waals surface area contributed by atoms with Gasteiger partial charge in [0.1, 0.15) is 0 Å². The highest BCUT2D eigenvalue weighted by molar-refractivity contribution is 5.03. The van der Waals surface area contributed by atoms with Crippen molar-refractivity contribution in [1.29, 1.82) is 0 Å². The first-order valence-electron chi connectivity index (χ1n) is 8.80. The van der Waals surface area contributed by atoms with Crippen LogP contribution in [0.5, 0.6) is 0 Å². The van der Waals surface area contributed by atoms with Crippen LogP contribution in [0.2, 0.25) is 0 Å². The smallest absolute Gasteiger partial charge is 0.0209 e. The van der Waals surface area contributed by atoms with Crippen molar-refractivity contribution < 1.29 is 0 Å². The van der Waals surface area contributed by atoms with E-state index in [2.05, 4.69) is 33.0 Å². The van der Waals surface area contributed by atoms with Gasteiger partial charge in [0.2, 0.25) is 0 Å². The summed E-state index contributed by atoms with van der Waals surface area (Å²) in [5, 5.41) is 4.28. The quantitative estimate of drug-likeness (QED) is 0.728. The molecule has 112 valence electrons. The number of nitrogens with one attached hydrogen (secondary N) is 1. The monoisotopic (exact) mass is 265 g/mol. The van der Waals surface area contributed by atoms with E-state index in [1.165, 1.54) is 64.2 Å². The fourth-order valence-corrected chi connectivity index (χ4v) is 4.55. The maximum Gasteiger partial charge on any atom is 0.0209 e. The number of hydrogen-bond acceptors (Lipinski definition) is 1. The Kier molecular flexibility index (Phi) is 4.98. The molecule has 19 heavy (non-hydrogen) atoms. The van der Waals surface area contributed by atoms with Gasteiger partial charge in [0.15, 0.2) is 0 Å². The first-order chi connectivity index (χ1) is 9.01. The molecule has 0 aromatic heterocycles. The van der Waals surface area contributed by atoms with Gasteiger partial charge in [-0.2, -0.15) is 0 Å². The first-order valence-corrected chi connectivity index (χ1v) is 8.80.